The summed E-state index contributed by atoms with van der Waals surface area (Å²) >= 11 is 0. The van der Waals surface area contributed by atoms with Gasteiger partial charge in [0.25, 0.3) is 0 Å². The van der Waals surface area contributed by atoms with Gasteiger partial charge in [0.05, 0.1) is 11.9 Å². The van der Waals surface area contributed by atoms with Gasteiger partial charge >= 0.3 is 0 Å². The van der Waals surface area contributed by atoms with Gasteiger partial charge in [-0.2, -0.15) is 0 Å². The van der Waals surface area contributed by atoms with E-state index in [0.717, 1.165) is 46.2 Å². The summed E-state index contributed by atoms with van der Waals surface area (Å²) in [5.74, 6) is 0. The number of rotatable bonds is 5. The predicted octanol–water partition coefficient (Wildman–Crippen LogP) is 4.42. The molecule has 1 atom stereocenters. The normalized spacial score (nSPS) is 15.9. The van der Waals surface area contributed by atoms with Crippen LogP contribution < -0.4 is 4.72 Å². The molecule has 1 aromatic heterocycles. The first kappa shape index (κ1) is 23.5. The first-order valence-electron chi connectivity index (χ1n) is 9.62. The third-order valence-corrected chi connectivity index (χ3v) is 5.38. The molecule has 3 rings (SSSR count). The second-order valence-electron chi connectivity index (χ2n) is 6.71. The first-order valence-corrected chi connectivity index (χ1v) is 11.5. The highest BCUT2D eigenvalue weighted by Crippen LogP contribution is 2.35. The van der Waals surface area contributed by atoms with E-state index in [-0.39, 0.29) is 0 Å². The SMILES string of the molecule is C=C/C=C\C1=C(CC)C(O)c2cc(-c3ccccc3)cnc2C=C1.CNS(C)(=O)=O. The highest BCUT2D eigenvalue weighted by molar-refractivity contribution is 7.88. The quantitative estimate of drug-likeness (QED) is 0.696. The standard InChI is InChI=1S/C22H21NO.C2H7NO2S/c1-3-5-9-17-12-13-21-20(22(24)19(17)4-2)14-18(15-23-21)16-10-7-6-8-11-16;1-3-6(2,4)5/h3,5-15,22,24H,1,4H2,2H3;3H,1-2H3/b9-5-;. The third kappa shape index (κ3) is 6.35. The number of hydrogen-bond acceptors (Lipinski definition) is 4. The molecule has 0 spiro atoms. The van der Waals surface area contributed by atoms with E-state index in [1.54, 1.807) is 6.08 Å². The highest BCUT2D eigenvalue weighted by Gasteiger charge is 2.21. The molecule has 2 aromatic rings. The van der Waals surface area contributed by atoms with Crippen molar-refractivity contribution in [2.45, 2.75) is 19.4 Å². The summed E-state index contributed by atoms with van der Waals surface area (Å²) in [6.07, 6.45) is 12.7. The smallest absolute Gasteiger partial charge is 0.208 e. The Bertz CT molecular complexity index is 1070. The van der Waals surface area contributed by atoms with Crippen LogP contribution in [0, 0.1) is 0 Å². The summed E-state index contributed by atoms with van der Waals surface area (Å²) < 4.78 is 21.9. The highest BCUT2D eigenvalue weighted by atomic mass is 32.2. The number of allylic oxidation sites excluding steroid dienone is 5. The van der Waals surface area contributed by atoms with E-state index in [4.69, 9.17) is 0 Å². The molecule has 1 heterocycles. The van der Waals surface area contributed by atoms with E-state index in [0.29, 0.717) is 0 Å². The van der Waals surface area contributed by atoms with Gasteiger partial charge in [-0.25, -0.2) is 13.1 Å². The average molecular weight is 425 g/mol. The molecular formula is C24H28N2O3S. The summed E-state index contributed by atoms with van der Waals surface area (Å²) in [7, 11) is -1.54. The fourth-order valence-corrected chi connectivity index (χ4v) is 2.99. The number of aliphatic hydroxyl groups excluding tert-OH is 1. The molecule has 0 saturated heterocycles. The Labute approximate surface area is 179 Å². The number of aliphatic hydroxyl groups is 1. The summed E-state index contributed by atoms with van der Waals surface area (Å²) in [5, 5.41) is 10.9. The van der Waals surface area contributed by atoms with Gasteiger partial charge < -0.3 is 5.11 Å². The maximum atomic E-state index is 10.9. The Morgan fingerprint density at radius 2 is 1.87 bits per heavy atom. The number of nitrogens with zero attached hydrogens (tertiary/aromatic N) is 1. The van der Waals surface area contributed by atoms with Crippen LogP contribution in [0.5, 0.6) is 0 Å². The predicted molar refractivity (Wildman–Crippen MR) is 124 cm³/mol. The average Bonchev–Trinajstić information content (AvgIpc) is 2.88. The van der Waals surface area contributed by atoms with Crippen LogP contribution in [-0.2, 0) is 10.0 Å². The molecular weight excluding hydrogens is 396 g/mol. The van der Waals surface area contributed by atoms with Gasteiger partial charge in [-0.15, -0.1) is 0 Å². The van der Waals surface area contributed by atoms with Crippen LogP contribution in [0.4, 0.5) is 0 Å². The largest absolute Gasteiger partial charge is 0.384 e. The Balaban J connectivity index is 0.000000469. The van der Waals surface area contributed by atoms with Gasteiger partial charge in [-0.05, 0) is 42.3 Å². The molecule has 6 heteroatoms. The minimum Gasteiger partial charge on any atom is -0.384 e. The maximum absolute atomic E-state index is 10.9. The zero-order chi connectivity index (χ0) is 22.1. The third-order valence-electron chi connectivity index (χ3n) is 4.64. The van der Waals surface area contributed by atoms with Gasteiger partial charge in [-0.1, -0.05) is 68.1 Å². The van der Waals surface area contributed by atoms with Crippen molar-refractivity contribution in [2.75, 3.05) is 13.3 Å². The first-order chi connectivity index (χ1) is 14.3. The maximum Gasteiger partial charge on any atom is 0.208 e. The van der Waals surface area contributed by atoms with Crippen LogP contribution >= 0.6 is 0 Å². The van der Waals surface area contributed by atoms with Gasteiger partial charge in [0.15, 0.2) is 0 Å². The number of aromatic nitrogens is 1. The Hall–Kier alpha value is -2.80. The van der Waals surface area contributed by atoms with Crippen LogP contribution in [-0.4, -0.2) is 31.8 Å². The van der Waals surface area contributed by atoms with E-state index < -0.39 is 16.1 Å². The second-order valence-corrected chi connectivity index (χ2v) is 8.66. The van der Waals surface area contributed by atoms with Gasteiger partial charge in [0.2, 0.25) is 10.0 Å². The number of hydrogen-bond donors (Lipinski definition) is 2. The molecule has 0 radical (unpaired) electrons. The molecule has 0 amide bonds. The molecule has 1 aromatic carbocycles. The van der Waals surface area contributed by atoms with E-state index in [2.05, 4.69) is 35.3 Å². The summed E-state index contributed by atoms with van der Waals surface area (Å²) in [4.78, 5) is 4.57. The Kier molecular flexibility index (Phi) is 8.47. The van der Waals surface area contributed by atoms with E-state index in [9.17, 15) is 13.5 Å². The van der Waals surface area contributed by atoms with Crippen molar-refractivity contribution in [3.05, 3.63) is 95.9 Å². The topological polar surface area (TPSA) is 79.3 Å². The number of fused-ring (bicyclic) bond motifs is 1. The summed E-state index contributed by atoms with van der Waals surface area (Å²) in [6, 6.07) is 12.2. The molecule has 0 aliphatic heterocycles. The van der Waals surface area contributed by atoms with Gasteiger partial charge in [0.1, 0.15) is 6.10 Å². The van der Waals surface area contributed by atoms with Crippen molar-refractivity contribution in [3.63, 3.8) is 0 Å². The van der Waals surface area contributed by atoms with Crippen molar-refractivity contribution in [1.82, 2.24) is 9.71 Å². The Morgan fingerprint density at radius 1 is 1.20 bits per heavy atom. The molecule has 30 heavy (non-hydrogen) atoms. The van der Waals surface area contributed by atoms with Crippen LogP contribution in [0.15, 0.2) is 84.6 Å². The van der Waals surface area contributed by atoms with Gasteiger partial charge in [0, 0.05) is 17.3 Å². The van der Waals surface area contributed by atoms with E-state index in [1.165, 1.54) is 7.05 Å². The van der Waals surface area contributed by atoms with Crippen molar-refractivity contribution in [2.24, 2.45) is 0 Å². The Morgan fingerprint density at radius 3 is 2.43 bits per heavy atom. The van der Waals surface area contributed by atoms with E-state index in [1.807, 2.05) is 54.8 Å². The summed E-state index contributed by atoms with van der Waals surface area (Å²) in [6.45, 7) is 5.78. The number of pyridine rings is 1. The fourth-order valence-electron chi connectivity index (χ4n) is 2.99. The summed E-state index contributed by atoms with van der Waals surface area (Å²) in [5.41, 5.74) is 5.80. The molecule has 0 fully saturated rings. The fraction of sp³-hybridized carbons (Fsp3) is 0.208. The van der Waals surface area contributed by atoms with Crippen molar-refractivity contribution in [3.8, 4) is 11.1 Å². The lowest BCUT2D eigenvalue weighted by atomic mass is 9.94. The monoisotopic (exact) mass is 424 g/mol. The van der Waals surface area contributed by atoms with Crippen LogP contribution in [0.2, 0.25) is 0 Å². The van der Waals surface area contributed by atoms with Crippen LogP contribution in [0.1, 0.15) is 30.7 Å². The lowest BCUT2D eigenvalue weighted by Gasteiger charge is -2.17. The zero-order valence-electron chi connectivity index (χ0n) is 17.5. The zero-order valence-corrected chi connectivity index (χ0v) is 18.4. The lowest BCUT2D eigenvalue weighted by molar-refractivity contribution is 0.211. The van der Waals surface area contributed by atoms with Gasteiger partial charge in [-0.3, -0.25) is 4.98 Å². The molecule has 1 unspecified atom stereocenters. The lowest BCUT2D eigenvalue weighted by Crippen LogP contribution is -2.15. The molecule has 2 N–H and O–H groups in total. The minimum atomic E-state index is -2.91. The minimum absolute atomic E-state index is 0.652. The molecule has 0 bridgehead atoms. The van der Waals surface area contributed by atoms with Crippen molar-refractivity contribution >= 4 is 16.1 Å². The molecule has 5 nitrogen and oxygen atoms in total. The second kappa shape index (κ2) is 10.8. The van der Waals surface area contributed by atoms with Crippen molar-refractivity contribution < 1.29 is 13.5 Å². The van der Waals surface area contributed by atoms with Crippen LogP contribution in [0.25, 0.3) is 17.2 Å². The molecule has 1 aliphatic rings. The molecule has 158 valence electrons. The molecule has 0 saturated carbocycles. The van der Waals surface area contributed by atoms with E-state index >= 15 is 0 Å². The number of nitrogens with one attached hydrogen (secondary N) is 1. The molecule has 1 aliphatic carbocycles. The number of sulfonamides is 1. The van der Waals surface area contributed by atoms with Crippen molar-refractivity contribution in [1.29, 1.82) is 0 Å². The number of benzene rings is 1. The van der Waals surface area contributed by atoms with Crippen LogP contribution in [0.3, 0.4) is 0 Å².